The van der Waals surface area contributed by atoms with E-state index < -0.39 is 9.84 Å². The van der Waals surface area contributed by atoms with Crippen LogP contribution in [-0.4, -0.2) is 61.6 Å². The average Bonchev–Trinajstić information content (AvgIpc) is 2.66. The molecular formula is C18H19N5O3S. The smallest absolute Gasteiger partial charge is 0.254 e. The summed E-state index contributed by atoms with van der Waals surface area (Å²) in [4.78, 5) is 25.1. The molecule has 0 spiro atoms. The van der Waals surface area contributed by atoms with Gasteiger partial charge in [0.2, 0.25) is 5.95 Å². The molecule has 27 heavy (non-hydrogen) atoms. The number of nitrogens with zero attached hydrogens (tertiary/aromatic N) is 5. The van der Waals surface area contributed by atoms with Gasteiger partial charge in [-0.1, -0.05) is 6.07 Å². The van der Waals surface area contributed by atoms with E-state index in [9.17, 15) is 13.2 Å². The van der Waals surface area contributed by atoms with E-state index in [-0.39, 0.29) is 10.8 Å². The number of nitriles is 1. The molecule has 0 bridgehead atoms. The summed E-state index contributed by atoms with van der Waals surface area (Å²) in [5.41, 5.74) is 1.38. The van der Waals surface area contributed by atoms with E-state index in [1.807, 2.05) is 11.0 Å². The van der Waals surface area contributed by atoms with E-state index in [2.05, 4.69) is 9.97 Å². The summed E-state index contributed by atoms with van der Waals surface area (Å²) >= 11 is 0. The Kier molecular flexibility index (Phi) is 5.10. The average molecular weight is 385 g/mol. The first kappa shape index (κ1) is 18.8. The van der Waals surface area contributed by atoms with Gasteiger partial charge in [0.15, 0.2) is 9.84 Å². The number of piperazine rings is 1. The molecule has 3 rings (SSSR count). The standard InChI is InChI=1S/C18H19N5O3S/c1-13-10-15(12-19)21-18(20-13)23-8-6-22(7-9-23)17(24)14-4-3-5-16(11-14)27(2,25)26/h3-5,10-11H,6-9H2,1-2H3. The maximum absolute atomic E-state index is 12.7. The molecule has 0 unspecified atom stereocenters. The second kappa shape index (κ2) is 7.32. The zero-order valence-electron chi connectivity index (χ0n) is 15.1. The van der Waals surface area contributed by atoms with Crippen LogP contribution in [0.15, 0.2) is 35.2 Å². The van der Waals surface area contributed by atoms with Gasteiger partial charge in [0, 0.05) is 43.7 Å². The minimum Gasteiger partial charge on any atom is -0.337 e. The number of aryl methyl sites for hydroxylation is 1. The van der Waals surface area contributed by atoms with Crippen molar-refractivity contribution >= 4 is 21.7 Å². The van der Waals surface area contributed by atoms with Crippen molar-refractivity contribution in [1.82, 2.24) is 14.9 Å². The van der Waals surface area contributed by atoms with Gasteiger partial charge in [0.05, 0.1) is 4.90 Å². The number of carbonyl (C=O) groups excluding carboxylic acids is 1. The third kappa shape index (κ3) is 4.23. The lowest BCUT2D eigenvalue weighted by molar-refractivity contribution is 0.0746. The lowest BCUT2D eigenvalue weighted by atomic mass is 10.2. The minimum atomic E-state index is -3.37. The van der Waals surface area contributed by atoms with Gasteiger partial charge in [0.25, 0.3) is 5.91 Å². The number of sulfone groups is 1. The Morgan fingerprint density at radius 3 is 2.48 bits per heavy atom. The third-order valence-corrected chi connectivity index (χ3v) is 5.43. The van der Waals surface area contributed by atoms with E-state index in [0.29, 0.717) is 49.1 Å². The Bertz CT molecular complexity index is 1020. The van der Waals surface area contributed by atoms with Gasteiger partial charge >= 0.3 is 0 Å². The van der Waals surface area contributed by atoms with Crippen LogP contribution in [0.3, 0.4) is 0 Å². The van der Waals surface area contributed by atoms with E-state index >= 15 is 0 Å². The number of aromatic nitrogens is 2. The predicted molar refractivity (Wildman–Crippen MR) is 99.2 cm³/mol. The summed E-state index contributed by atoms with van der Waals surface area (Å²) in [6.07, 6.45) is 1.12. The monoisotopic (exact) mass is 385 g/mol. The van der Waals surface area contributed by atoms with Crippen molar-refractivity contribution in [1.29, 1.82) is 5.26 Å². The Morgan fingerprint density at radius 1 is 1.15 bits per heavy atom. The van der Waals surface area contributed by atoms with Gasteiger partial charge in [-0.2, -0.15) is 5.26 Å². The van der Waals surface area contributed by atoms with Crippen molar-refractivity contribution in [2.45, 2.75) is 11.8 Å². The van der Waals surface area contributed by atoms with Crippen molar-refractivity contribution in [3.8, 4) is 6.07 Å². The molecule has 0 saturated carbocycles. The van der Waals surface area contributed by atoms with E-state index in [1.165, 1.54) is 12.1 Å². The molecule has 1 amide bonds. The van der Waals surface area contributed by atoms with Gasteiger partial charge in [0.1, 0.15) is 11.8 Å². The van der Waals surface area contributed by atoms with Crippen LogP contribution in [0.4, 0.5) is 5.95 Å². The molecule has 0 radical (unpaired) electrons. The molecule has 1 saturated heterocycles. The molecule has 140 valence electrons. The Hall–Kier alpha value is -2.99. The molecule has 1 aromatic carbocycles. The van der Waals surface area contributed by atoms with Crippen molar-refractivity contribution in [2.24, 2.45) is 0 Å². The zero-order valence-corrected chi connectivity index (χ0v) is 15.9. The van der Waals surface area contributed by atoms with Crippen LogP contribution in [0.25, 0.3) is 0 Å². The molecule has 9 heteroatoms. The van der Waals surface area contributed by atoms with Gasteiger partial charge in [-0.05, 0) is 31.2 Å². The molecule has 2 heterocycles. The molecule has 1 aliphatic heterocycles. The van der Waals surface area contributed by atoms with Gasteiger partial charge < -0.3 is 9.80 Å². The highest BCUT2D eigenvalue weighted by Gasteiger charge is 2.24. The van der Waals surface area contributed by atoms with Crippen LogP contribution in [0.1, 0.15) is 21.7 Å². The topological polar surface area (TPSA) is 107 Å². The molecule has 0 N–H and O–H groups in total. The minimum absolute atomic E-state index is 0.129. The van der Waals surface area contributed by atoms with Crippen LogP contribution in [-0.2, 0) is 9.84 Å². The van der Waals surface area contributed by atoms with Crippen LogP contribution in [0.5, 0.6) is 0 Å². The third-order valence-electron chi connectivity index (χ3n) is 4.32. The highest BCUT2D eigenvalue weighted by atomic mass is 32.2. The number of carbonyl (C=O) groups is 1. The van der Waals surface area contributed by atoms with E-state index in [0.717, 1.165) is 6.26 Å². The first-order chi connectivity index (χ1) is 12.8. The summed E-state index contributed by atoms with van der Waals surface area (Å²) < 4.78 is 23.4. The molecule has 0 atom stereocenters. The number of hydrogen-bond acceptors (Lipinski definition) is 7. The Morgan fingerprint density at radius 2 is 1.85 bits per heavy atom. The lowest BCUT2D eigenvalue weighted by Crippen LogP contribution is -2.49. The van der Waals surface area contributed by atoms with Crippen molar-refractivity contribution < 1.29 is 13.2 Å². The zero-order chi connectivity index (χ0) is 19.6. The highest BCUT2D eigenvalue weighted by molar-refractivity contribution is 7.90. The summed E-state index contributed by atoms with van der Waals surface area (Å²) in [7, 11) is -3.37. The maximum atomic E-state index is 12.7. The SMILES string of the molecule is Cc1cc(C#N)nc(N2CCN(C(=O)c3cccc(S(C)(=O)=O)c3)CC2)n1. The first-order valence-corrected chi connectivity index (χ1v) is 10.3. The molecule has 2 aromatic rings. The summed E-state index contributed by atoms with van der Waals surface area (Å²) in [6.45, 7) is 3.79. The van der Waals surface area contributed by atoms with Gasteiger partial charge in [-0.3, -0.25) is 4.79 Å². The van der Waals surface area contributed by atoms with Crippen LogP contribution >= 0.6 is 0 Å². The van der Waals surface area contributed by atoms with Crippen LogP contribution < -0.4 is 4.90 Å². The molecule has 1 aliphatic rings. The molecule has 0 aliphatic carbocycles. The number of hydrogen-bond donors (Lipinski definition) is 0. The number of benzene rings is 1. The van der Waals surface area contributed by atoms with E-state index in [4.69, 9.17) is 5.26 Å². The summed E-state index contributed by atoms with van der Waals surface area (Å²) in [6, 6.07) is 9.72. The quantitative estimate of drug-likeness (QED) is 0.776. The molecule has 1 aromatic heterocycles. The Balaban J connectivity index is 1.72. The van der Waals surface area contributed by atoms with Gasteiger partial charge in [-0.15, -0.1) is 0 Å². The number of anilines is 1. The highest BCUT2D eigenvalue weighted by Crippen LogP contribution is 2.17. The van der Waals surface area contributed by atoms with Crippen molar-refractivity contribution in [2.75, 3.05) is 37.3 Å². The first-order valence-electron chi connectivity index (χ1n) is 8.38. The maximum Gasteiger partial charge on any atom is 0.254 e. The van der Waals surface area contributed by atoms with Crippen molar-refractivity contribution in [3.63, 3.8) is 0 Å². The fraction of sp³-hybridized carbons (Fsp3) is 0.333. The fourth-order valence-electron chi connectivity index (χ4n) is 2.90. The fourth-order valence-corrected chi connectivity index (χ4v) is 3.57. The van der Waals surface area contributed by atoms with Gasteiger partial charge in [-0.25, -0.2) is 18.4 Å². The van der Waals surface area contributed by atoms with Crippen LogP contribution in [0, 0.1) is 18.3 Å². The second-order valence-electron chi connectivity index (χ2n) is 6.39. The largest absolute Gasteiger partial charge is 0.337 e. The molecular weight excluding hydrogens is 366 g/mol. The predicted octanol–water partition coefficient (Wildman–Crippen LogP) is 1.02. The molecule has 8 nitrogen and oxygen atoms in total. The Labute approximate surface area is 158 Å². The van der Waals surface area contributed by atoms with Crippen LogP contribution in [0.2, 0.25) is 0 Å². The normalized spacial score (nSPS) is 14.7. The summed E-state index contributed by atoms with van der Waals surface area (Å²) in [5, 5.41) is 9.05. The van der Waals surface area contributed by atoms with E-state index in [1.54, 1.807) is 30.0 Å². The summed E-state index contributed by atoms with van der Waals surface area (Å²) in [5.74, 6) is 0.278. The number of amides is 1. The lowest BCUT2D eigenvalue weighted by Gasteiger charge is -2.35. The second-order valence-corrected chi connectivity index (χ2v) is 8.40. The molecule has 1 fully saturated rings. The number of rotatable bonds is 3. The van der Waals surface area contributed by atoms with Crippen molar-refractivity contribution in [3.05, 3.63) is 47.3 Å².